The van der Waals surface area contributed by atoms with Crippen molar-refractivity contribution >= 4 is 11.9 Å². The van der Waals surface area contributed by atoms with Gasteiger partial charge in [-0.3, -0.25) is 4.98 Å². The molecule has 0 saturated carbocycles. The summed E-state index contributed by atoms with van der Waals surface area (Å²) >= 11 is 0. The van der Waals surface area contributed by atoms with Gasteiger partial charge in [-0.05, 0) is 31.7 Å². The van der Waals surface area contributed by atoms with Gasteiger partial charge in [0.2, 0.25) is 0 Å². The summed E-state index contributed by atoms with van der Waals surface area (Å²) in [6.45, 7) is 7.51. The Morgan fingerprint density at radius 3 is 2.46 bits per heavy atom. The second kappa shape index (κ2) is 11.1. The smallest absolute Gasteiger partial charge is 0.336 e. The molecule has 0 aliphatic rings. The van der Waals surface area contributed by atoms with Gasteiger partial charge in [-0.25, -0.2) is 9.59 Å². The van der Waals surface area contributed by atoms with E-state index in [1.807, 2.05) is 0 Å². The molecule has 1 unspecified atom stereocenters. The number of aliphatic hydroxyl groups excluding tert-OH is 1. The van der Waals surface area contributed by atoms with Crippen LogP contribution in [0.3, 0.4) is 0 Å². The summed E-state index contributed by atoms with van der Waals surface area (Å²) < 4.78 is 9.94. The number of unbranched alkanes of at least 4 members (excludes halogenated alkanes) is 3. The molecular weight excluding hydrogens is 310 g/mol. The normalized spacial score (nSPS) is 11.4. The number of hydrogen-bond acceptors (Lipinski definition) is 6. The molecule has 1 rings (SSSR count). The van der Waals surface area contributed by atoms with Crippen LogP contribution < -0.4 is 0 Å². The third kappa shape index (κ3) is 7.19. The number of aliphatic hydroxyl groups is 1. The van der Waals surface area contributed by atoms with Crippen molar-refractivity contribution in [3.63, 3.8) is 0 Å². The van der Waals surface area contributed by atoms with Gasteiger partial charge in [0.15, 0.2) is 0 Å². The highest BCUT2D eigenvalue weighted by molar-refractivity contribution is 5.89. The summed E-state index contributed by atoms with van der Waals surface area (Å²) in [6.07, 6.45) is 6.21. The van der Waals surface area contributed by atoms with Crippen molar-refractivity contribution < 1.29 is 24.2 Å². The molecule has 6 nitrogen and oxygen atoms in total. The van der Waals surface area contributed by atoms with Gasteiger partial charge in [0.25, 0.3) is 0 Å². The highest BCUT2D eigenvalue weighted by atomic mass is 16.5. The van der Waals surface area contributed by atoms with E-state index in [1.165, 1.54) is 6.20 Å². The van der Waals surface area contributed by atoms with Crippen LogP contribution in [0.25, 0.3) is 0 Å². The average molecular weight is 333 g/mol. The van der Waals surface area contributed by atoms with Gasteiger partial charge in [-0.2, -0.15) is 0 Å². The lowest BCUT2D eigenvalue weighted by atomic mass is 10.1. The molecule has 130 valence electrons. The van der Waals surface area contributed by atoms with Crippen molar-refractivity contribution in [1.82, 2.24) is 4.98 Å². The van der Waals surface area contributed by atoms with Crippen LogP contribution in [-0.4, -0.2) is 35.2 Å². The Morgan fingerprint density at radius 1 is 1.21 bits per heavy atom. The van der Waals surface area contributed by atoms with Crippen LogP contribution in [0.1, 0.15) is 37.4 Å². The van der Waals surface area contributed by atoms with Gasteiger partial charge >= 0.3 is 11.9 Å². The molecule has 1 N–H and O–H groups in total. The Kier molecular flexibility index (Phi) is 9.07. The SMILES string of the molecule is C=CC(=O)OCCCCCCOC(=O)C(=C)C(O)c1cccnc1. The topological polar surface area (TPSA) is 85.7 Å². The zero-order valence-electron chi connectivity index (χ0n) is 13.6. The van der Waals surface area contributed by atoms with Crippen molar-refractivity contribution in [2.24, 2.45) is 0 Å². The third-order valence-corrected chi connectivity index (χ3v) is 3.28. The zero-order chi connectivity index (χ0) is 17.8. The van der Waals surface area contributed by atoms with E-state index >= 15 is 0 Å². The number of aromatic nitrogens is 1. The molecule has 0 bridgehead atoms. The molecule has 1 aromatic heterocycles. The first-order chi connectivity index (χ1) is 11.6. The van der Waals surface area contributed by atoms with E-state index in [0.29, 0.717) is 18.6 Å². The fraction of sp³-hybridized carbons (Fsp3) is 0.389. The fourth-order valence-corrected chi connectivity index (χ4v) is 1.90. The molecule has 0 radical (unpaired) electrons. The molecule has 24 heavy (non-hydrogen) atoms. The molecule has 0 spiro atoms. The highest BCUT2D eigenvalue weighted by Gasteiger charge is 2.19. The number of rotatable bonds is 11. The molecule has 0 aromatic carbocycles. The summed E-state index contributed by atoms with van der Waals surface area (Å²) in [6, 6.07) is 3.33. The Morgan fingerprint density at radius 2 is 1.88 bits per heavy atom. The largest absolute Gasteiger partial charge is 0.463 e. The molecule has 0 saturated heterocycles. The van der Waals surface area contributed by atoms with Crippen LogP contribution in [0.2, 0.25) is 0 Å². The number of nitrogens with zero attached hydrogens (tertiary/aromatic N) is 1. The van der Waals surface area contributed by atoms with Crippen LogP contribution >= 0.6 is 0 Å². The van der Waals surface area contributed by atoms with Crippen LogP contribution in [0.5, 0.6) is 0 Å². The maximum Gasteiger partial charge on any atom is 0.336 e. The van der Waals surface area contributed by atoms with E-state index in [4.69, 9.17) is 9.47 Å². The van der Waals surface area contributed by atoms with Crippen LogP contribution in [-0.2, 0) is 19.1 Å². The van der Waals surface area contributed by atoms with Crippen molar-refractivity contribution in [1.29, 1.82) is 0 Å². The van der Waals surface area contributed by atoms with Crippen LogP contribution in [0.15, 0.2) is 49.3 Å². The molecular formula is C18H23NO5. The Bertz CT molecular complexity index is 556. The molecule has 1 heterocycles. The number of pyridine rings is 1. The second-order valence-electron chi connectivity index (χ2n) is 5.14. The molecule has 1 aromatic rings. The minimum atomic E-state index is -1.12. The van der Waals surface area contributed by atoms with Crippen molar-refractivity contribution in [2.45, 2.75) is 31.8 Å². The fourth-order valence-electron chi connectivity index (χ4n) is 1.90. The second-order valence-corrected chi connectivity index (χ2v) is 5.14. The van der Waals surface area contributed by atoms with Gasteiger partial charge in [-0.15, -0.1) is 0 Å². The van der Waals surface area contributed by atoms with E-state index in [2.05, 4.69) is 18.1 Å². The summed E-state index contributed by atoms with van der Waals surface area (Å²) in [5, 5.41) is 10.0. The highest BCUT2D eigenvalue weighted by Crippen LogP contribution is 2.20. The van der Waals surface area contributed by atoms with Gasteiger partial charge in [0.1, 0.15) is 6.10 Å². The lowest BCUT2D eigenvalue weighted by molar-refractivity contribution is -0.140. The van der Waals surface area contributed by atoms with Gasteiger partial charge < -0.3 is 14.6 Å². The van der Waals surface area contributed by atoms with E-state index < -0.39 is 18.0 Å². The Labute approximate surface area is 141 Å². The maximum atomic E-state index is 11.8. The predicted molar refractivity (Wildman–Crippen MR) is 88.9 cm³/mol. The lowest BCUT2D eigenvalue weighted by Gasteiger charge is -2.13. The summed E-state index contributed by atoms with van der Waals surface area (Å²) in [5.74, 6) is -1.04. The molecule has 1 atom stereocenters. The first-order valence-corrected chi connectivity index (χ1v) is 7.79. The summed E-state index contributed by atoms with van der Waals surface area (Å²) in [7, 11) is 0. The van der Waals surface area contributed by atoms with Gasteiger partial charge in [0, 0.05) is 24.0 Å². The maximum absolute atomic E-state index is 11.8. The minimum Gasteiger partial charge on any atom is -0.463 e. The third-order valence-electron chi connectivity index (χ3n) is 3.28. The number of hydrogen-bond donors (Lipinski definition) is 1. The average Bonchev–Trinajstić information content (AvgIpc) is 2.62. The van der Waals surface area contributed by atoms with E-state index in [-0.39, 0.29) is 12.2 Å². The Hall–Kier alpha value is -2.47. The molecule has 0 aliphatic carbocycles. The summed E-state index contributed by atoms with van der Waals surface area (Å²) in [4.78, 5) is 26.5. The zero-order valence-corrected chi connectivity index (χ0v) is 13.6. The van der Waals surface area contributed by atoms with Crippen molar-refractivity contribution in [3.05, 3.63) is 54.9 Å². The van der Waals surface area contributed by atoms with Gasteiger partial charge in [0.05, 0.1) is 18.8 Å². The first-order valence-electron chi connectivity index (χ1n) is 7.79. The standard InChI is InChI=1S/C18H23NO5/c1-3-16(20)23-11-6-4-5-7-12-24-18(22)14(2)17(21)15-9-8-10-19-13-15/h3,8-10,13,17,21H,1-2,4-7,11-12H2. The number of ether oxygens (including phenoxy) is 2. The number of carbonyl (C=O) groups excluding carboxylic acids is 2. The van der Waals surface area contributed by atoms with E-state index in [9.17, 15) is 14.7 Å². The van der Waals surface area contributed by atoms with Crippen LogP contribution in [0.4, 0.5) is 0 Å². The quantitative estimate of drug-likeness (QED) is 0.380. The first kappa shape index (κ1) is 19.6. The molecule has 0 amide bonds. The monoisotopic (exact) mass is 333 g/mol. The predicted octanol–water partition coefficient (Wildman–Crippen LogP) is 2.50. The minimum absolute atomic E-state index is 0.0145. The van der Waals surface area contributed by atoms with Crippen molar-refractivity contribution in [3.8, 4) is 0 Å². The van der Waals surface area contributed by atoms with Crippen molar-refractivity contribution in [2.75, 3.05) is 13.2 Å². The lowest BCUT2D eigenvalue weighted by Crippen LogP contribution is -2.14. The number of carbonyl (C=O) groups is 2. The molecule has 0 aliphatic heterocycles. The summed E-state index contributed by atoms with van der Waals surface area (Å²) in [5.41, 5.74) is 0.479. The van der Waals surface area contributed by atoms with Gasteiger partial charge in [-0.1, -0.05) is 19.2 Å². The van der Waals surface area contributed by atoms with Crippen LogP contribution in [0, 0.1) is 0 Å². The number of esters is 2. The van der Waals surface area contributed by atoms with E-state index in [0.717, 1.165) is 25.3 Å². The molecule has 0 fully saturated rings. The Balaban J connectivity index is 2.14. The van der Waals surface area contributed by atoms with E-state index in [1.54, 1.807) is 18.3 Å². The molecule has 6 heteroatoms.